The normalized spacial score (nSPS) is 16.7. The topological polar surface area (TPSA) is 89.0 Å². The van der Waals surface area contributed by atoms with Gasteiger partial charge in [-0.3, -0.25) is 14.5 Å². The lowest BCUT2D eigenvalue weighted by atomic mass is 9.99. The molecule has 146 valence electrons. The van der Waals surface area contributed by atoms with Crippen molar-refractivity contribution in [2.45, 2.75) is 45.7 Å². The second kappa shape index (κ2) is 8.85. The average Bonchev–Trinajstić information content (AvgIpc) is 3.09. The van der Waals surface area contributed by atoms with Gasteiger partial charge in [0.1, 0.15) is 11.6 Å². The van der Waals surface area contributed by atoms with Crippen LogP contribution >= 0.6 is 0 Å². The number of pyridine rings is 1. The summed E-state index contributed by atoms with van der Waals surface area (Å²) in [5.74, 6) is 0.00932. The van der Waals surface area contributed by atoms with Gasteiger partial charge in [0.05, 0.1) is 0 Å². The molecule has 6 heteroatoms. The summed E-state index contributed by atoms with van der Waals surface area (Å²) in [7, 11) is 0. The molecule has 0 saturated carbocycles. The van der Waals surface area contributed by atoms with Gasteiger partial charge in [-0.15, -0.1) is 0 Å². The van der Waals surface area contributed by atoms with E-state index in [0.29, 0.717) is 18.4 Å². The first kappa shape index (κ1) is 19.8. The van der Waals surface area contributed by atoms with Crippen LogP contribution in [-0.2, 0) is 17.8 Å². The summed E-state index contributed by atoms with van der Waals surface area (Å²) < 4.78 is 0. The van der Waals surface area contributed by atoms with Gasteiger partial charge < -0.3 is 10.3 Å². The number of carbonyl (C=O) groups excluding carboxylic acids is 1. The van der Waals surface area contributed by atoms with Gasteiger partial charge in [0.2, 0.25) is 5.91 Å². The second-order valence-corrected chi connectivity index (χ2v) is 7.44. The van der Waals surface area contributed by atoms with Gasteiger partial charge in [-0.1, -0.05) is 30.3 Å². The zero-order valence-corrected chi connectivity index (χ0v) is 16.4. The van der Waals surface area contributed by atoms with E-state index < -0.39 is 0 Å². The van der Waals surface area contributed by atoms with Crippen LogP contribution in [0.4, 0.5) is 0 Å². The fourth-order valence-corrected chi connectivity index (χ4v) is 3.89. The van der Waals surface area contributed by atoms with Crippen molar-refractivity contribution in [2.24, 2.45) is 0 Å². The third-order valence-electron chi connectivity index (χ3n) is 5.41. The van der Waals surface area contributed by atoms with Crippen LogP contribution in [0.5, 0.6) is 0 Å². The van der Waals surface area contributed by atoms with Crippen molar-refractivity contribution in [1.29, 1.82) is 5.26 Å². The van der Waals surface area contributed by atoms with Crippen molar-refractivity contribution in [2.75, 3.05) is 13.1 Å². The lowest BCUT2D eigenvalue weighted by Crippen LogP contribution is -2.37. The highest BCUT2D eigenvalue weighted by atomic mass is 16.1. The number of benzene rings is 1. The molecule has 28 heavy (non-hydrogen) atoms. The molecule has 1 unspecified atom stereocenters. The van der Waals surface area contributed by atoms with Crippen LogP contribution in [0, 0.1) is 25.2 Å². The number of H-pyrrole nitrogens is 1. The molecular weight excluding hydrogens is 352 g/mol. The van der Waals surface area contributed by atoms with Crippen molar-refractivity contribution in [3.8, 4) is 6.07 Å². The molecule has 0 radical (unpaired) electrons. The minimum atomic E-state index is -0.366. The lowest BCUT2D eigenvalue weighted by molar-refractivity contribution is -0.121. The minimum absolute atomic E-state index is 0.00932. The zero-order valence-electron chi connectivity index (χ0n) is 16.4. The molecule has 1 aliphatic heterocycles. The molecule has 2 N–H and O–H groups in total. The number of nitriles is 1. The van der Waals surface area contributed by atoms with E-state index in [4.69, 9.17) is 5.26 Å². The SMILES string of the molecule is Cc1[nH]c(=O)c(C#N)c(C)c1CCC(=O)NC1CCN(Cc2ccccc2)C1. The summed E-state index contributed by atoms with van der Waals surface area (Å²) in [6.07, 6.45) is 1.80. The van der Waals surface area contributed by atoms with Crippen LogP contribution in [0.1, 0.15) is 40.8 Å². The maximum absolute atomic E-state index is 12.4. The van der Waals surface area contributed by atoms with E-state index in [0.717, 1.165) is 37.3 Å². The van der Waals surface area contributed by atoms with Gasteiger partial charge in [-0.2, -0.15) is 5.26 Å². The van der Waals surface area contributed by atoms with Gasteiger partial charge in [0, 0.05) is 37.8 Å². The molecule has 0 bridgehead atoms. The second-order valence-electron chi connectivity index (χ2n) is 7.44. The molecule has 3 rings (SSSR count). The number of aromatic amines is 1. The Morgan fingerprint density at radius 3 is 2.79 bits per heavy atom. The highest BCUT2D eigenvalue weighted by molar-refractivity contribution is 5.76. The number of aryl methyl sites for hydroxylation is 1. The van der Waals surface area contributed by atoms with Gasteiger partial charge in [-0.25, -0.2) is 0 Å². The van der Waals surface area contributed by atoms with Crippen LogP contribution in [-0.4, -0.2) is 34.9 Å². The van der Waals surface area contributed by atoms with E-state index in [1.165, 1.54) is 5.56 Å². The van der Waals surface area contributed by atoms with Crippen molar-refractivity contribution < 1.29 is 4.79 Å². The van der Waals surface area contributed by atoms with E-state index in [2.05, 4.69) is 27.3 Å². The van der Waals surface area contributed by atoms with Gasteiger partial charge in [0.25, 0.3) is 5.56 Å². The molecule has 1 amide bonds. The first-order chi connectivity index (χ1) is 13.5. The van der Waals surface area contributed by atoms with Crippen molar-refractivity contribution in [1.82, 2.24) is 15.2 Å². The fraction of sp³-hybridized carbons (Fsp3) is 0.409. The lowest BCUT2D eigenvalue weighted by Gasteiger charge is -2.17. The monoisotopic (exact) mass is 378 g/mol. The number of rotatable bonds is 6. The summed E-state index contributed by atoms with van der Waals surface area (Å²) in [5, 5.41) is 12.3. The van der Waals surface area contributed by atoms with Gasteiger partial charge in [-0.05, 0) is 43.4 Å². The summed E-state index contributed by atoms with van der Waals surface area (Å²) in [5.41, 5.74) is 3.33. The molecule has 6 nitrogen and oxygen atoms in total. The largest absolute Gasteiger partial charge is 0.352 e. The van der Waals surface area contributed by atoms with Crippen molar-refractivity contribution >= 4 is 5.91 Å². The summed E-state index contributed by atoms with van der Waals surface area (Å²) >= 11 is 0. The molecule has 1 aromatic heterocycles. The van der Waals surface area contributed by atoms with Crippen LogP contribution in [0.25, 0.3) is 0 Å². The number of hydrogen-bond acceptors (Lipinski definition) is 4. The maximum atomic E-state index is 12.4. The molecule has 1 atom stereocenters. The third kappa shape index (κ3) is 4.68. The summed E-state index contributed by atoms with van der Waals surface area (Å²) in [6, 6.07) is 12.5. The Hall–Kier alpha value is -2.91. The quantitative estimate of drug-likeness (QED) is 0.806. The molecule has 1 aliphatic rings. The molecule has 1 aromatic carbocycles. The Kier molecular flexibility index (Phi) is 6.27. The number of nitrogens with one attached hydrogen (secondary N) is 2. The molecule has 0 aliphatic carbocycles. The van der Waals surface area contributed by atoms with Crippen LogP contribution in [0.3, 0.4) is 0 Å². The van der Waals surface area contributed by atoms with Crippen molar-refractivity contribution in [3.63, 3.8) is 0 Å². The van der Waals surface area contributed by atoms with Crippen molar-refractivity contribution in [3.05, 3.63) is 68.6 Å². The highest BCUT2D eigenvalue weighted by Gasteiger charge is 2.24. The van der Waals surface area contributed by atoms with Crippen LogP contribution in [0.15, 0.2) is 35.1 Å². The highest BCUT2D eigenvalue weighted by Crippen LogP contribution is 2.16. The first-order valence-electron chi connectivity index (χ1n) is 9.66. The smallest absolute Gasteiger partial charge is 0.266 e. The number of hydrogen-bond donors (Lipinski definition) is 2. The standard InChI is InChI=1S/C22H26N4O2/c1-15-19(16(2)24-22(28)20(15)12-23)8-9-21(27)25-18-10-11-26(14-18)13-17-6-4-3-5-7-17/h3-7,18H,8-11,13-14H2,1-2H3,(H,24,28)(H,25,27). The van der Waals surface area contributed by atoms with E-state index >= 15 is 0 Å². The average molecular weight is 378 g/mol. The Morgan fingerprint density at radius 1 is 1.32 bits per heavy atom. The van der Waals surface area contributed by atoms with E-state index in [1.807, 2.05) is 24.3 Å². The molecule has 0 spiro atoms. The van der Waals surface area contributed by atoms with Gasteiger partial charge >= 0.3 is 0 Å². The summed E-state index contributed by atoms with van der Waals surface area (Å²) in [6.45, 7) is 6.31. The fourth-order valence-electron chi connectivity index (χ4n) is 3.89. The first-order valence-corrected chi connectivity index (χ1v) is 9.66. The number of nitrogens with zero attached hydrogens (tertiary/aromatic N) is 2. The molecule has 2 aromatic rings. The van der Waals surface area contributed by atoms with Crippen LogP contribution < -0.4 is 10.9 Å². The number of likely N-dealkylation sites (tertiary alicyclic amines) is 1. The number of carbonyl (C=O) groups is 1. The molecule has 1 fully saturated rings. The van der Waals surface area contributed by atoms with Crippen LogP contribution in [0.2, 0.25) is 0 Å². The van der Waals surface area contributed by atoms with E-state index in [9.17, 15) is 9.59 Å². The zero-order chi connectivity index (χ0) is 20.1. The third-order valence-corrected chi connectivity index (χ3v) is 5.41. The number of amides is 1. The van der Waals surface area contributed by atoms with E-state index in [-0.39, 0.29) is 23.1 Å². The Labute approximate surface area is 165 Å². The van der Waals surface area contributed by atoms with E-state index in [1.54, 1.807) is 13.8 Å². The molecule has 1 saturated heterocycles. The minimum Gasteiger partial charge on any atom is -0.352 e. The molecular formula is C22H26N4O2. The maximum Gasteiger partial charge on any atom is 0.266 e. The predicted molar refractivity (Wildman–Crippen MR) is 108 cm³/mol. The number of aromatic nitrogens is 1. The Morgan fingerprint density at radius 2 is 2.07 bits per heavy atom. The van der Waals surface area contributed by atoms with Gasteiger partial charge in [0.15, 0.2) is 0 Å². The Balaban J connectivity index is 1.52. The predicted octanol–water partition coefficient (Wildman–Crippen LogP) is 2.19. The Bertz CT molecular complexity index is 943. The molecule has 2 heterocycles. The summed E-state index contributed by atoms with van der Waals surface area (Å²) in [4.78, 5) is 29.3.